The molecular weight excluding hydrogens is 290 g/mol. The van der Waals surface area contributed by atoms with E-state index >= 15 is 0 Å². The van der Waals surface area contributed by atoms with Crippen LogP contribution in [0.25, 0.3) is 11.4 Å². The zero-order chi connectivity index (χ0) is 15.4. The molecule has 2 heterocycles. The fourth-order valence-corrected chi connectivity index (χ4v) is 2.76. The number of rotatable bonds is 7. The van der Waals surface area contributed by atoms with Crippen LogP contribution < -0.4 is 4.74 Å². The van der Waals surface area contributed by atoms with Gasteiger partial charge in [-0.1, -0.05) is 25.6 Å². The van der Waals surface area contributed by atoms with E-state index in [1.165, 1.54) is 0 Å². The lowest BCUT2D eigenvalue weighted by Crippen LogP contribution is -2.08. The fraction of sp³-hybridized carbons (Fsp3) is 0.615. The number of ether oxygens (including phenoxy) is 2. The Bertz CT molecular complexity index is 593. The highest BCUT2D eigenvalue weighted by atomic mass is 32.2. The van der Waals surface area contributed by atoms with Gasteiger partial charge in [-0.25, -0.2) is 0 Å². The van der Waals surface area contributed by atoms with Crippen LogP contribution in [-0.2, 0) is 18.3 Å². The summed E-state index contributed by atoms with van der Waals surface area (Å²) in [5.74, 6) is 1.30. The second-order valence-corrected chi connectivity index (χ2v) is 6.39. The van der Waals surface area contributed by atoms with Gasteiger partial charge in [0.15, 0.2) is 11.0 Å². The van der Waals surface area contributed by atoms with E-state index in [0.717, 1.165) is 16.5 Å². The number of hydrogen-bond donors (Lipinski definition) is 0. The highest BCUT2D eigenvalue weighted by Gasteiger charge is 2.20. The van der Waals surface area contributed by atoms with Gasteiger partial charge >= 0.3 is 0 Å². The number of aryl methyl sites for hydroxylation is 1. The van der Waals surface area contributed by atoms with Crippen molar-refractivity contribution in [2.45, 2.75) is 30.8 Å². The van der Waals surface area contributed by atoms with Gasteiger partial charge in [0.2, 0.25) is 5.88 Å². The van der Waals surface area contributed by atoms with Crippen molar-refractivity contribution in [3.05, 3.63) is 6.20 Å². The average Bonchev–Trinajstić information content (AvgIpc) is 2.99. The summed E-state index contributed by atoms with van der Waals surface area (Å²) in [5, 5.41) is 14.2. The number of aromatic nitrogens is 5. The van der Waals surface area contributed by atoms with Crippen LogP contribution in [0.1, 0.15) is 13.8 Å². The van der Waals surface area contributed by atoms with Gasteiger partial charge in [-0.05, 0) is 0 Å². The molecule has 0 aliphatic rings. The number of methoxy groups -OCH3 is 2. The molecule has 0 fully saturated rings. The molecule has 7 nitrogen and oxygen atoms in total. The van der Waals surface area contributed by atoms with Crippen LogP contribution in [0.15, 0.2) is 11.4 Å². The van der Waals surface area contributed by atoms with Gasteiger partial charge in [0.05, 0.1) is 20.3 Å². The minimum Gasteiger partial charge on any atom is -0.479 e. The maximum Gasteiger partial charge on any atom is 0.243 e. The van der Waals surface area contributed by atoms with Gasteiger partial charge in [-0.2, -0.15) is 0 Å². The minimum absolute atomic E-state index is 0.430. The fourth-order valence-electron chi connectivity index (χ4n) is 1.94. The molecule has 0 aliphatic carbocycles. The molecule has 2 rings (SSSR count). The Kier molecular flexibility index (Phi) is 5.24. The predicted molar refractivity (Wildman–Crippen MR) is 81.6 cm³/mol. The van der Waals surface area contributed by atoms with E-state index in [4.69, 9.17) is 9.47 Å². The Morgan fingerprint density at radius 2 is 2.05 bits per heavy atom. The lowest BCUT2D eigenvalue weighted by atomic mass is 10.3. The molecule has 0 bridgehead atoms. The van der Waals surface area contributed by atoms with E-state index in [1.54, 1.807) is 30.7 Å². The molecule has 116 valence electrons. The molecule has 8 heteroatoms. The van der Waals surface area contributed by atoms with Crippen LogP contribution in [0, 0.1) is 0 Å². The van der Waals surface area contributed by atoms with Gasteiger partial charge in [0.25, 0.3) is 0 Å². The third-order valence-corrected chi connectivity index (χ3v) is 3.79. The monoisotopic (exact) mass is 311 g/mol. The van der Waals surface area contributed by atoms with Crippen molar-refractivity contribution in [2.75, 3.05) is 20.8 Å². The summed E-state index contributed by atoms with van der Waals surface area (Å²) < 4.78 is 14.3. The topological polar surface area (TPSA) is 67.0 Å². The summed E-state index contributed by atoms with van der Waals surface area (Å²) >= 11 is 1.68. The van der Waals surface area contributed by atoms with Crippen molar-refractivity contribution < 1.29 is 9.47 Å². The van der Waals surface area contributed by atoms with Crippen LogP contribution in [0.5, 0.6) is 5.88 Å². The van der Waals surface area contributed by atoms with Crippen LogP contribution in [-0.4, -0.2) is 50.6 Å². The average molecular weight is 311 g/mol. The maximum absolute atomic E-state index is 5.32. The first-order valence-corrected chi connectivity index (χ1v) is 7.61. The first kappa shape index (κ1) is 15.8. The normalized spacial score (nSPS) is 11.3. The first-order valence-electron chi connectivity index (χ1n) is 6.73. The van der Waals surface area contributed by atoms with E-state index in [1.807, 2.05) is 17.8 Å². The van der Waals surface area contributed by atoms with Crippen molar-refractivity contribution in [2.24, 2.45) is 7.05 Å². The summed E-state index contributed by atoms with van der Waals surface area (Å²) in [6.45, 7) is 5.54. The molecule has 21 heavy (non-hydrogen) atoms. The van der Waals surface area contributed by atoms with Crippen molar-refractivity contribution in [1.29, 1.82) is 0 Å². The van der Waals surface area contributed by atoms with E-state index < -0.39 is 0 Å². The summed E-state index contributed by atoms with van der Waals surface area (Å²) in [6.07, 6.45) is 1.88. The molecule has 0 amide bonds. The molecule has 0 atom stereocenters. The molecule has 0 radical (unpaired) electrons. The number of thioether (sulfide) groups is 1. The second-order valence-electron chi connectivity index (χ2n) is 4.84. The second kappa shape index (κ2) is 6.95. The van der Waals surface area contributed by atoms with Crippen molar-refractivity contribution in [3.63, 3.8) is 0 Å². The van der Waals surface area contributed by atoms with Crippen LogP contribution in [0.3, 0.4) is 0 Å². The number of nitrogens with zero attached hydrogens (tertiary/aromatic N) is 5. The molecule has 0 aliphatic heterocycles. The molecular formula is C13H21N5O2S. The smallest absolute Gasteiger partial charge is 0.243 e. The SMILES string of the molecule is COCCn1c(SC(C)C)nnc1-c1cn(C)nc1OC. The quantitative estimate of drug-likeness (QED) is 0.727. The van der Waals surface area contributed by atoms with Gasteiger partial charge in [0.1, 0.15) is 5.56 Å². The molecule has 2 aromatic rings. The van der Waals surface area contributed by atoms with Crippen LogP contribution in [0.4, 0.5) is 0 Å². The molecule has 0 N–H and O–H groups in total. The minimum atomic E-state index is 0.430. The van der Waals surface area contributed by atoms with Crippen molar-refractivity contribution >= 4 is 11.8 Å². The Morgan fingerprint density at radius 1 is 1.29 bits per heavy atom. The lowest BCUT2D eigenvalue weighted by Gasteiger charge is -2.10. The highest BCUT2D eigenvalue weighted by Crippen LogP contribution is 2.30. The Labute approximate surface area is 128 Å². The van der Waals surface area contributed by atoms with Gasteiger partial charge in [-0.3, -0.25) is 9.25 Å². The molecule has 2 aromatic heterocycles. The summed E-state index contributed by atoms with van der Waals surface area (Å²) in [5.41, 5.74) is 0.833. The Morgan fingerprint density at radius 3 is 2.67 bits per heavy atom. The van der Waals surface area contributed by atoms with Crippen molar-refractivity contribution in [1.82, 2.24) is 24.5 Å². The zero-order valence-electron chi connectivity index (χ0n) is 13.0. The maximum atomic E-state index is 5.32. The van der Waals surface area contributed by atoms with Crippen LogP contribution in [0.2, 0.25) is 0 Å². The molecule has 0 saturated carbocycles. The highest BCUT2D eigenvalue weighted by molar-refractivity contribution is 7.99. The van der Waals surface area contributed by atoms with E-state index in [-0.39, 0.29) is 0 Å². The lowest BCUT2D eigenvalue weighted by molar-refractivity contribution is 0.185. The molecule has 0 saturated heterocycles. The van der Waals surface area contributed by atoms with Crippen LogP contribution >= 0.6 is 11.8 Å². The van der Waals surface area contributed by atoms with E-state index in [9.17, 15) is 0 Å². The Hall–Kier alpha value is -1.54. The predicted octanol–water partition coefficient (Wildman–Crippen LogP) is 1.83. The van der Waals surface area contributed by atoms with Gasteiger partial charge in [0, 0.05) is 25.6 Å². The van der Waals surface area contributed by atoms with E-state index in [2.05, 4.69) is 29.1 Å². The Balaban J connectivity index is 2.44. The van der Waals surface area contributed by atoms with E-state index in [0.29, 0.717) is 24.3 Å². The summed E-state index contributed by atoms with van der Waals surface area (Å²) in [7, 11) is 5.14. The first-order chi connectivity index (χ1) is 10.1. The molecule has 0 spiro atoms. The third kappa shape index (κ3) is 3.56. The standard InChI is InChI=1S/C13H21N5O2S/c1-9(2)21-13-15-14-11(18(13)6-7-19-4)10-8-17(3)16-12(10)20-5/h8-9H,6-7H2,1-5H3. The summed E-state index contributed by atoms with van der Waals surface area (Å²) in [6, 6.07) is 0. The zero-order valence-corrected chi connectivity index (χ0v) is 13.8. The van der Waals surface area contributed by atoms with Gasteiger partial charge in [-0.15, -0.1) is 15.3 Å². The molecule has 0 unspecified atom stereocenters. The summed E-state index contributed by atoms with van der Waals surface area (Å²) in [4.78, 5) is 0. The largest absolute Gasteiger partial charge is 0.479 e. The molecule has 0 aromatic carbocycles. The number of hydrogen-bond acceptors (Lipinski definition) is 6. The van der Waals surface area contributed by atoms with Gasteiger partial charge < -0.3 is 9.47 Å². The van der Waals surface area contributed by atoms with Crippen molar-refractivity contribution in [3.8, 4) is 17.3 Å². The third-order valence-electron chi connectivity index (χ3n) is 2.81.